The molecule has 0 amide bonds. The number of nitrogens with zero attached hydrogens (tertiary/aromatic N) is 3. The largest absolute Gasteiger partial charge is 0.397 e. The van der Waals surface area contributed by atoms with E-state index < -0.39 is 0 Å². The fourth-order valence-electron chi connectivity index (χ4n) is 1.25. The minimum atomic E-state index is 0.630. The van der Waals surface area contributed by atoms with Gasteiger partial charge in [0.1, 0.15) is 5.69 Å². The first-order valence-electron chi connectivity index (χ1n) is 4.27. The molecule has 0 radical (unpaired) electrons. The predicted molar refractivity (Wildman–Crippen MR) is 54.4 cm³/mol. The second-order valence-corrected chi connectivity index (χ2v) is 3.01. The Labute approximate surface area is 81.9 Å². The minimum absolute atomic E-state index is 0.630. The van der Waals surface area contributed by atoms with Gasteiger partial charge in [-0.2, -0.15) is 0 Å². The molecule has 0 saturated heterocycles. The van der Waals surface area contributed by atoms with Crippen LogP contribution in [0.2, 0.25) is 0 Å². The molecule has 0 aliphatic rings. The Kier molecular flexibility index (Phi) is 2.10. The third-order valence-electron chi connectivity index (χ3n) is 1.88. The highest BCUT2D eigenvalue weighted by Gasteiger charge is 2.05. The highest BCUT2D eigenvalue weighted by atomic mass is 14.9. The van der Waals surface area contributed by atoms with Crippen LogP contribution < -0.4 is 5.73 Å². The first kappa shape index (κ1) is 8.62. The highest BCUT2D eigenvalue weighted by Crippen LogP contribution is 2.17. The van der Waals surface area contributed by atoms with Gasteiger partial charge in [0.25, 0.3) is 0 Å². The summed E-state index contributed by atoms with van der Waals surface area (Å²) in [6.07, 6.45) is 5.00. The van der Waals surface area contributed by atoms with Gasteiger partial charge in [-0.05, 0) is 24.6 Å². The van der Waals surface area contributed by atoms with Gasteiger partial charge < -0.3 is 5.73 Å². The monoisotopic (exact) mass is 186 g/mol. The molecule has 0 unspecified atom stereocenters. The summed E-state index contributed by atoms with van der Waals surface area (Å²) in [5.74, 6) is 0.630. The lowest BCUT2D eigenvalue weighted by Crippen LogP contribution is -1.95. The molecule has 2 heterocycles. The molecular weight excluding hydrogens is 176 g/mol. The van der Waals surface area contributed by atoms with E-state index in [0.29, 0.717) is 11.5 Å². The van der Waals surface area contributed by atoms with Crippen LogP contribution >= 0.6 is 0 Å². The zero-order valence-corrected chi connectivity index (χ0v) is 7.81. The highest BCUT2D eigenvalue weighted by molar-refractivity contribution is 5.57. The number of aromatic nitrogens is 3. The summed E-state index contributed by atoms with van der Waals surface area (Å²) >= 11 is 0. The van der Waals surface area contributed by atoms with Crippen LogP contribution in [0.3, 0.4) is 0 Å². The van der Waals surface area contributed by atoms with Crippen molar-refractivity contribution in [3.05, 3.63) is 36.3 Å². The number of hydrogen-bond donors (Lipinski definition) is 1. The zero-order valence-electron chi connectivity index (χ0n) is 7.81. The van der Waals surface area contributed by atoms with Gasteiger partial charge in [0.2, 0.25) is 0 Å². The lowest BCUT2D eigenvalue weighted by Gasteiger charge is -2.02. The predicted octanol–water partition coefficient (Wildman–Crippen LogP) is 1.43. The first-order valence-corrected chi connectivity index (χ1v) is 4.27. The summed E-state index contributed by atoms with van der Waals surface area (Å²) in [5.41, 5.74) is 8.02. The third kappa shape index (κ3) is 1.54. The van der Waals surface area contributed by atoms with Crippen LogP contribution in [0.1, 0.15) is 5.56 Å². The van der Waals surface area contributed by atoms with E-state index >= 15 is 0 Å². The standard InChI is InChI=1S/C10H10N4/c1-7-5-8(11)6-14-9(7)10-12-3-2-4-13-10/h2-6H,11H2,1H3. The molecule has 70 valence electrons. The van der Waals surface area contributed by atoms with E-state index in [0.717, 1.165) is 11.3 Å². The number of hydrogen-bond acceptors (Lipinski definition) is 4. The summed E-state index contributed by atoms with van der Waals surface area (Å²) in [6.45, 7) is 1.94. The second-order valence-electron chi connectivity index (χ2n) is 3.01. The summed E-state index contributed by atoms with van der Waals surface area (Å²) < 4.78 is 0. The average molecular weight is 186 g/mol. The van der Waals surface area contributed by atoms with Crippen molar-refractivity contribution in [2.45, 2.75) is 6.92 Å². The molecule has 0 spiro atoms. The van der Waals surface area contributed by atoms with Crippen molar-refractivity contribution in [2.75, 3.05) is 5.73 Å². The maximum absolute atomic E-state index is 5.60. The molecule has 0 bridgehead atoms. The molecule has 0 atom stereocenters. The molecule has 2 aromatic rings. The summed E-state index contributed by atoms with van der Waals surface area (Å²) in [6, 6.07) is 3.63. The molecule has 2 N–H and O–H groups in total. The zero-order chi connectivity index (χ0) is 9.97. The Morgan fingerprint density at radius 2 is 1.86 bits per heavy atom. The third-order valence-corrected chi connectivity index (χ3v) is 1.88. The molecule has 0 saturated carbocycles. The molecule has 4 heteroatoms. The normalized spacial score (nSPS) is 10.1. The molecule has 0 aliphatic carbocycles. The fraction of sp³-hybridized carbons (Fsp3) is 0.100. The van der Waals surface area contributed by atoms with Gasteiger partial charge in [-0.25, -0.2) is 9.97 Å². The summed E-state index contributed by atoms with van der Waals surface area (Å²) in [5, 5.41) is 0. The van der Waals surface area contributed by atoms with E-state index in [9.17, 15) is 0 Å². The number of nitrogen functional groups attached to an aromatic ring is 1. The minimum Gasteiger partial charge on any atom is -0.397 e. The molecular formula is C10H10N4. The van der Waals surface area contributed by atoms with Gasteiger partial charge in [0.05, 0.1) is 11.9 Å². The molecule has 0 fully saturated rings. The van der Waals surface area contributed by atoms with E-state index in [1.807, 2.05) is 13.0 Å². The van der Waals surface area contributed by atoms with Gasteiger partial charge >= 0.3 is 0 Å². The molecule has 14 heavy (non-hydrogen) atoms. The Morgan fingerprint density at radius 1 is 1.14 bits per heavy atom. The van der Waals surface area contributed by atoms with Crippen LogP contribution in [0, 0.1) is 6.92 Å². The van der Waals surface area contributed by atoms with E-state index in [1.54, 1.807) is 24.7 Å². The van der Waals surface area contributed by atoms with Gasteiger partial charge in [-0.1, -0.05) is 0 Å². The Balaban J connectivity index is 2.53. The van der Waals surface area contributed by atoms with Crippen LogP contribution in [0.5, 0.6) is 0 Å². The molecule has 0 aliphatic heterocycles. The van der Waals surface area contributed by atoms with Crippen molar-refractivity contribution in [3.63, 3.8) is 0 Å². The number of anilines is 1. The van der Waals surface area contributed by atoms with E-state index in [4.69, 9.17) is 5.73 Å². The van der Waals surface area contributed by atoms with Crippen LogP contribution in [-0.2, 0) is 0 Å². The van der Waals surface area contributed by atoms with E-state index in [1.165, 1.54) is 0 Å². The smallest absolute Gasteiger partial charge is 0.178 e. The lowest BCUT2D eigenvalue weighted by atomic mass is 10.2. The van der Waals surface area contributed by atoms with Crippen LogP contribution in [0.4, 0.5) is 5.69 Å². The second kappa shape index (κ2) is 3.41. The number of nitrogens with two attached hydrogens (primary N) is 1. The van der Waals surface area contributed by atoms with Crippen molar-refractivity contribution >= 4 is 5.69 Å². The van der Waals surface area contributed by atoms with Gasteiger partial charge in [0.15, 0.2) is 5.82 Å². The average Bonchev–Trinajstić information content (AvgIpc) is 2.19. The maximum atomic E-state index is 5.60. The topological polar surface area (TPSA) is 64.7 Å². The number of rotatable bonds is 1. The Hall–Kier alpha value is -1.97. The summed E-state index contributed by atoms with van der Waals surface area (Å²) in [4.78, 5) is 12.4. The quantitative estimate of drug-likeness (QED) is 0.731. The van der Waals surface area contributed by atoms with Crippen molar-refractivity contribution < 1.29 is 0 Å². The first-order chi connectivity index (χ1) is 6.77. The van der Waals surface area contributed by atoms with Crippen molar-refractivity contribution in [1.82, 2.24) is 15.0 Å². The number of pyridine rings is 1. The van der Waals surface area contributed by atoms with Crippen LogP contribution in [0.15, 0.2) is 30.7 Å². The van der Waals surface area contributed by atoms with E-state index in [2.05, 4.69) is 15.0 Å². The fourth-order valence-corrected chi connectivity index (χ4v) is 1.25. The van der Waals surface area contributed by atoms with Gasteiger partial charge in [0, 0.05) is 12.4 Å². The van der Waals surface area contributed by atoms with Crippen LogP contribution in [-0.4, -0.2) is 15.0 Å². The van der Waals surface area contributed by atoms with E-state index in [-0.39, 0.29) is 0 Å². The lowest BCUT2D eigenvalue weighted by molar-refractivity contribution is 1.12. The Bertz CT molecular complexity index is 439. The molecule has 4 nitrogen and oxygen atoms in total. The maximum Gasteiger partial charge on any atom is 0.178 e. The van der Waals surface area contributed by atoms with Crippen LogP contribution in [0.25, 0.3) is 11.5 Å². The SMILES string of the molecule is Cc1cc(N)cnc1-c1ncccn1. The van der Waals surface area contributed by atoms with Crippen molar-refractivity contribution in [2.24, 2.45) is 0 Å². The Morgan fingerprint density at radius 3 is 2.50 bits per heavy atom. The molecule has 2 rings (SSSR count). The molecule has 0 aromatic carbocycles. The number of aryl methyl sites for hydroxylation is 1. The van der Waals surface area contributed by atoms with Crippen molar-refractivity contribution in [3.8, 4) is 11.5 Å². The summed E-state index contributed by atoms with van der Waals surface area (Å²) in [7, 11) is 0. The molecule has 2 aromatic heterocycles. The van der Waals surface area contributed by atoms with Gasteiger partial charge in [-0.15, -0.1) is 0 Å². The van der Waals surface area contributed by atoms with Crippen molar-refractivity contribution in [1.29, 1.82) is 0 Å². The van der Waals surface area contributed by atoms with Gasteiger partial charge in [-0.3, -0.25) is 4.98 Å².